The first-order valence-corrected chi connectivity index (χ1v) is 9.66. The van der Waals surface area contributed by atoms with Crippen LogP contribution in [-0.4, -0.2) is 58.7 Å². The van der Waals surface area contributed by atoms with Gasteiger partial charge in [0.05, 0.1) is 18.8 Å². The van der Waals surface area contributed by atoms with Crippen molar-refractivity contribution in [2.45, 2.75) is 77.4 Å². The molecule has 142 valence electrons. The van der Waals surface area contributed by atoms with E-state index < -0.39 is 12.2 Å². The Bertz CT molecular complexity index is 290. The maximum absolute atomic E-state index is 10.1. The zero-order valence-corrected chi connectivity index (χ0v) is 15.7. The van der Waals surface area contributed by atoms with Gasteiger partial charge in [0.15, 0.2) is 0 Å². The maximum atomic E-state index is 10.1. The van der Waals surface area contributed by atoms with Gasteiger partial charge >= 0.3 is 0 Å². The number of nitrogens with zero attached hydrogens (tertiary/aromatic N) is 1. The highest BCUT2D eigenvalue weighted by Gasteiger charge is 2.12. The van der Waals surface area contributed by atoms with Crippen molar-refractivity contribution in [2.75, 3.05) is 26.2 Å². The van der Waals surface area contributed by atoms with Crippen LogP contribution in [0.4, 0.5) is 0 Å². The quantitative estimate of drug-likeness (QED) is 0.298. The topological polar surface area (TPSA) is 63.9 Å². The Morgan fingerprint density at radius 3 is 1.62 bits per heavy atom. The summed E-state index contributed by atoms with van der Waals surface area (Å²) in [6.45, 7) is 5.71. The first-order valence-electron chi connectivity index (χ1n) is 9.66. The summed E-state index contributed by atoms with van der Waals surface area (Å²) in [5.41, 5.74) is 0. The smallest absolute Gasteiger partial charge is 0.0847 e. The highest BCUT2D eigenvalue weighted by molar-refractivity contribution is 4.93. The molecule has 2 unspecified atom stereocenters. The van der Waals surface area contributed by atoms with Crippen LogP contribution >= 0.6 is 0 Å². The fraction of sp³-hybridized carbons (Fsp3) is 0.800. The van der Waals surface area contributed by atoms with E-state index in [1.54, 1.807) is 0 Å². The van der Waals surface area contributed by atoms with Crippen molar-refractivity contribution >= 4 is 0 Å². The summed E-state index contributed by atoms with van der Waals surface area (Å²) in [4.78, 5) is 1.90. The summed E-state index contributed by atoms with van der Waals surface area (Å²) in [5.74, 6) is 0. The second-order valence-electron chi connectivity index (χ2n) is 6.47. The Morgan fingerprint density at radius 1 is 0.792 bits per heavy atom. The average Bonchev–Trinajstić information content (AvgIpc) is 2.54. The van der Waals surface area contributed by atoms with Crippen molar-refractivity contribution in [1.82, 2.24) is 4.90 Å². The van der Waals surface area contributed by atoms with Gasteiger partial charge in [-0.3, -0.25) is 4.90 Å². The van der Waals surface area contributed by atoms with Crippen LogP contribution in [0.2, 0.25) is 0 Å². The van der Waals surface area contributed by atoms with E-state index in [9.17, 15) is 10.2 Å². The minimum atomic E-state index is -0.557. The second kappa shape index (κ2) is 17.2. The highest BCUT2D eigenvalue weighted by atomic mass is 16.3. The molecule has 3 N–H and O–H groups in total. The van der Waals surface area contributed by atoms with Crippen LogP contribution in [0.25, 0.3) is 0 Å². The number of aliphatic hydroxyl groups is 3. The lowest BCUT2D eigenvalue weighted by molar-refractivity contribution is 0.0905. The predicted octanol–water partition coefficient (Wildman–Crippen LogP) is 3.28. The monoisotopic (exact) mass is 341 g/mol. The van der Waals surface area contributed by atoms with Crippen molar-refractivity contribution in [1.29, 1.82) is 0 Å². The zero-order valence-electron chi connectivity index (χ0n) is 15.7. The molecule has 0 aliphatic carbocycles. The SMILES string of the molecule is CCCCC/C=C\C(O)CN(CCO)CC(O)/C=C/CCCCC. The molecular formula is C20H39NO3. The third kappa shape index (κ3) is 14.9. The van der Waals surface area contributed by atoms with Gasteiger partial charge in [0.2, 0.25) is 0 Å². The lowest BCUT2D eigenvalue weighted by atomic mass is 10.1. The average molecular weight is 342 g/mol. The molecule has 4 heteroatoms. The van der Waals surface area contributed by atoms with Crippen molar-refractivity contribution in [2.24, 2.45) is 0 Å². The third-order valence-electron chi connectivity index (χ3n) is 3.97. The van der Waals surface area contributed by atoms with E-state index in [2.05, 4.69) is 13.8 Å². The summed E-state index contributed by atoms with van der Waals surface area (Å²) in [6.07, 6.45) is 15.7. The zero-order chi connectivity index (χ0) is 18.0. The minimum Gasteiger partial charge on any atom is -0.395 e. The number of allylic oxidation sites excluding steroid dienone is 2. The molecule has 4 nitrogen and oxygen atoms in total. The fourth-order valence-corrected chi connectivity index (χ4v) is 2.58. The number of unbranched alkanes of at least 4 members (excludes halogenated alkanes) is 6. The number of aliphatic hydroxyl groups excluding tert-OH is 3. The normalized spacial score (nSPS) is 14.9. The number of hydrogen-bond donors (Lipinski definition) is 3. The van der Waals surface area contributed by atoms with Crippen LogP contribution in [0.3, 0.4) is 0 Å². The number of rotatable bonds is 16. The predicted molar refractivity (Wildman–Crippen MR) is 102 cm³/mol. The van der Waals surface area contributed by atoms with Gasteiger partial charge in [-0.15, -0.1) is 0 Å². The molecule has 0 aliphatic heterocycles. The Kier molecular flexibility index (Phi) is 16.7. The first kappa shape index (κ1) is 23.3. The molecule has 24 heavy (non-hydrogen) atoms. The Balaban J connectivity index is 4.13. The summed E-state index contributed by atoms with van der Waals surface area (Å²) in [5, 5.41) is 29.3. The molecule has 2 atom stereocenters. The minimum absolute atomic E-state index is 0.0276. The van der Waals surface area contributed by atoms with E-state index in [0.29, 0.717) is 19.6 Å². The molecule has 0 aromatic carbocycles. The van der Waals surface area contributed by atoms with Gasteiger partial charge in [-0.05, 0) is 25.7 Å². The molecule has 0 aromatic rings. The van der Waals surface area contributed by atoms with Crippen LogP contribution in [0, 0.1) is 0 Å². The molecule has 0 saturated carbocycles. The van der Waals surface area contributed by atoms with Crippen molar-refractivity contribution in [3.8, 4) is 0 Å². The fourth-order valence-electron chi connectivity index (χ4n) is 2.58. The Labute approximate surface area is 148 Å². The third-order valence-corrected chi connectivity index (χ3v) is 3.97. The molecule has 0 rings (SSSR count). The van der Waals surface area contributed by atoms with Gasteiger partial charge in [0, 0.05) is 19.6 Å². The van der Waals surface area contributed by atoms with E-state index in [-0.39, 0.29) is 6.61 Å². The maximum Gasteiger partial charge on any atom is 0.0847 e. The van der Waals surface area contributed by atoms with E-state index in [4.69, 9.17) is 5.11 Å². The van der Waals surface area contributed by atoms with Crippen LogP contribution in [0.5, 0.6) is 0 Å². The van der Waals surface area contributed by atoms with E-state index in [0.717, 1.165) is 25.7 Å². The van der Waals surface area contributed by atoms with Gasteiger partial charge in [-0.1, -0.05) is 63.8 Å². The van der Waals surface area contributed by atoms with Crippen molar-refractivity contribution in [3.63, 3.8) is 0 Å². The van der Waals surface area contributed by atoms with Gasteiger partial charge < -0.3 is 15.3 Å². The second-order valence-corrected chi connectivity index (χ2v) is 6.47. The van der Waals surface area contributed by atoms with Crippen molar-refractivity contribution in [3.05, 3.63) is 24.3 Å². The van der Waals surface area contributed by atoms with E-state index in [1.165, 1.54) is 25.7 Å². The molecule has 0 heterocycles. The standard InChI is InChI=1S/C20H39NO3/c1-3-5-7-9-11-13-19(23)17-21(15-16-22)18-20(24)14-12-10-8-6-4-2/h11-14,19-20,22-24H,3-10,15-18H2,1-2H3/b13-11-,14-12+. The summed E-state index contributed by atoms with van der Waals surface area (Å²) >= 11 is 0. The largest absolute Gasteiger partial charge is 0.395 e. The Hall–Kier alpha value is -0.680. The lowest BCUT2D eigenvalue weighted by Crippen LogP contribution is -2.38. The molecule has 0 aromatic heterocycles. The molecule has 0 fully saturated rings. The van der Waals surface area contributed by atoms with Gasteiger partial charge in [-0.2, -0.15) is 0 Å². The Morgan fingerprint density at radius 2 is 1.25 bits per heavy atom. The van der Waals surface area contributed by atoms with E-state index >= 15 is 0 Å². The van der Waals surface area contributed by atoms with Gasteiger partial charge in [0.25, 0.3) is 0 Å². The summed E-state index contributed by atoms with van der Waals surface area (Å²) in [7, 11) is 0. The highest BCUT2D eigenvalue weighted by Crippen LogP contribution is 2.04. The van der Waals surface area contributed by atoms with Crippen LogP contribution < -0.4 is 0 Å². The lowest BCUT2D eigenvalue weighted by Gasteiger charge is -2.24. The first-order chi connectivity index (χ1) is 11.6. The molecule has 0 spiro atoms. The van der Waals surface area contributed by atoms with Gasteiger partial charge in [-0.25, -0.2) is 0 Å². The van der Waals surface area contributed by atoms with Crippen LogP contribution in [0.1, 0.15) is 65.2 Å². The van der Waals surface area contributed by atoms with Crippen LogP contribution in [0.15, 0.2) is 24.3 Å². The molecule has 0 saturated heterocycles. The van der Waals surface area contributed by atoms with Crippen molar-refractivity contribution < 1.29 is 15.3 Å². The molecule has 0 aliphatic rings. The summed E-state index contributed by atoms with van der Waals surface area (Å²) < 4.78 is 0. The molecule has 0 bridgehead atoms. The molecule has 0 radical (unpaired) electrons. The van der Waals surface area contributed by atoms with E-state index in [1.807, 2.05) is 29.2 Å². The summed E-state index contributed by atoms with van der Waals surface area (Å²) in [6, 6.07) is 0. The van der Waals surface area contributed by atoms with Crippen LogP contribution in [-0.2, 0) is 0 Å². The molecular weight excluding hydrogens is 302 g/mol. The number of hydrogen-bond acceptors (Lipinski definition) is 4. The van der Waals surface area contributed by atoms with Gasteiger partial charge in [0.1, 0.15) is 0 Å². The molecule has 0 amide bonds.